The van der Waals surface area contributed by atoms with Crippen molar-refractivity contribution in [2.45, 2.75) is 32.6 Å². The second-order valence-electron chi connectivity index (χ2n) is 6.58. The van der Waals surface area contributed by atoms with E-state index in [9.17, 15) is 9.59 Å². The first-order valence-corrected chi connectivity index (χ1v) is 9.43. The average Bonchev–Trinajstić information content (AvgIpc) is 3.22. The SMILES string of the molecule is CCC(=O)NCCc1nc(N2CCOCC2)ncc1C(=O)N1CCCC1. The molecule has 2 saturated heterocycles. The average molecular weight is 361 g/mol. The molecule has 142 valence electrons. The fraction of sp³-hybridized carbons (Fsp3) is 0.667. The normalized spacial score (nSPS) is 17.4. The van der Waals surface area contributed by atoms with Gasteiger partial charge in [-0.25, -0.2) is 9.97 Å². The van der Waals surface area contributed by atoms with Gasteiger partial charge in [0, 0.05) is 51.8 Å². The molecular formula is C18H27N5O3. The molecule has 8 heteroatoms. The van der Waals surface area contributed by atoms with Crippen LogP contribution in [0.15, 0.2) is 6.20 Å². The minimum Gasteiger partial charge on any atom is -0.378 e. The molecule has 3 rings (SSSR count). The van der Waals surface area contributed by atoms with Gasteiger partial charge in [0.05, 0.1) is 24.5 Å². The van der Waals surface area contributed by atoms with Crippen molar-refractivity contribution in [1.29, 1.82) is 0 Å². The van der Waals surface area contributed by atoms with E-state index in [0.717, 1.165) is 39.0 Å². The predicted molar refractivity (Wildman–Crippen MR) is 97.2 cm³/mol. The number of rotatable bonds is 6. The molecule has 0 saturated carbocycles. The number of aromatic nitrogens is 2. The summed E-state index contributed by atoms with van der Waals surface area (Å²) in [6, 6.07) is 0. The Morgan fingerprint density at radius 2 is 1.92 bits per heavy atom. The Hall–Kier alpha value is -2.22. The smallest absolute Gasteiger partial charge is 0.257 e. The zero-order valence-corrected chi connectivity index (χ0v) is 15.4. The second-order valence-corrected chi connectivity index (χ2v) is 6.58. The van der Waals surface area contributed by atoms with Crippen molar-refractivity contribution in [2.75, 3.05) is 50.8 Å². The highest BCUT2D eigenvalue weighted by atomic mass is 16.5. The molecule has 2 amide bonds. The standard InChI is InChI=1S/C18H27N5O3/c1-2-16(24)19-6-5-15-14(17(25)22-7-3-4-8-22)13-20-18(21-15)23-9-11-26-12-10-23/h13H,2-12H2,1H3,(H,19,24). The van der Waals surface area contributed by atoms with E-state index < -0.39 is 0 Å². The Labute approximate surface area is 153 Å². The van der Waals surface area contributed by atoms with E-state index >= 15 is 0 Å². The van der Waals surface area contributed by atoms with Crippen LogP contribution in [0.3, 0.4) is 0 Å². The van der Waals surface area contributed by atoms with Gasteiger partial charge in [-0.05, 0) is 12.8 Å². The highest BCUT2D eigenvalue weighted by Gasteiger charge is 2.24. The molecule has 3 heterocycles. The summed E-state index contributed by atoms with van der Waals surface area (Å²) in [5.41, 5.74) is 1.25. The Bertz CT molecular complexity index is 640. The molecular weight excluding hydrogens is 334 g/mol. The van der Waals surface area contributed by atoms with Crippen LogP contribution in [0.1, 0.15) is 42.2 Å². The molecule has 0 unspecified atom stereocenters. The van der Waals surface area contributed by atoms with Gasteiger partial charge in [0.15, 0.2) is 0 Å². The van der Waals surface area contributed by atoms with Crippen LogP contribution in [0.4, 0.5) is 5.95 Å². The number of likely N-dealkylation sites (tertiary alicyclic amines) is 1. The van der Waals surface area contributed by atoms with Gasteiger partial charge in [-0.2, -0.15) is 0 Å². The van der Waals surface area contributed by atoms with Crippen LogP contribution in [0.5, 0.6) is 0 Å². The zero-order valence-electron chi connectivity index (χ0n) is 15.4. The molecule has 8 nitrogen and oxygen atoms in total. The zero-order chi connectivity index (χ0) is 18.4. The molecule has 1 N–H and O–H groups in total. The summed E-state index contributed by atoms with van der Waals surface area (Å²) in [6.45, 7) is 6.65. The summed E-state index contributed by atoms with van der Waals surface area (Å²) in [7, 11) is 0. The summed E-state index contributed by atoms with van der Waals surface area (Å²) >= 11 is 0. The number of hydrogen-bond donors (Lipinski definition) is 1. The van der Waals surface area contributed by atoms with E-state index in [-0.39, 0.29) is 11.8 Å². The molecule has 2 aliphatic rings. The highest BCUT2D eigenvalue weighted by Crippen LogP contribution is 2.18. The Morgan fingerprint density at radius 3 is 2.62 bits per heavy atom. The molecule has 0 aliphatic carbocycles. The summed E-state index contributed by atoms with van der Waals surface area (Å²) < 4.78 is 5.38. The van der Waals surface area contributed by atoms with Crippen LogP contribution in [-0.4, -0.2) is 72.6 Å². The van der Waals surface area contributed by atoms with E-state index in [4.69, 9.17) is 4.74 Å². The largest absolute Gasteiger partial charge is 0.378 e. The quantitative estimate of drug-likeness (QED) is 0.799. The lowest BCUT2D eigenvalue weighted by Gasteiger charge is -2.27. The first kappa shape index (κ1) is 18.6. The van der Waals surface area contributed by atoms with Crippen LogP contribution in [-0.2, 0) is 16.0 Å². The van der Waals surface area contributed by atoms with Crippen LogP contribution in [0, 0.1) is 0 Å². The van der Waals surface area contributed by atoms with Gasteiger partial charge in [-0.15, -0.1) is 0 Å². The number of carbonyl (C=O) groups excluding carboxylic acids is 2. The lowest BCUT2D eigenvalue weighted by Crippen LogP contribution is -2.38. The maximum Gasteiger partial charge on any atom is 0.257 e. The van der Waals surface area contributed by atoms with Crippen molar-refractivity contribution in [3.63, 3.8) is 0 Å². The summed E-state index contributed by atoms with van der Waals surface area (Å²) in [5.74, 6) is 0.621. The predicted octanol–water partition coefficient (Wildman–Crippen LogP) is 0.618. The molecule has 0 radical (unpaired) electrons. The lowest BCUT2D eigenvalue weighted by atomic mass is 10.1. The molecule has 26 heavy (non-hydrogen) atoms. The van der Waals surface area contributed by atoms with E-state index in [2.05, 4.69) is 20.2 Å². The minimum absolute atomic E-state index is 0.000113. The number of morpholine rings is 1. The first-order valence-electron chi connectivity index (χ1n) is 9.43. The molecule has 2 aliphatic heterocycles. The van der Waals surface area contributed by atoms with Crippen molar-refractivity contribution in [1.82, 2.24) is 20.2 Å². The van der Waals surface area contributed by atoms with Crippen LogP contribution in [0.25, 0.3) is 0 Å². The van der Waals surface area contributed by atoms with Crippen molar-refractivity contribution < 1.29 is 14.3 Å². The van der Waals surface area contributed by atoms with Crippen molar-refractivity contribution in [2.24, 2.45) is 0 Å². The fourth-order valence-electron chi connectivity index (χ4n) is 3.23. The molecule has 1 aromatic rings. The summed E-state index contributed by atoms with van der Waals surface area (Å²) in [4.78, 5) is 37.4. The lowest BCUT2D eigenvalue weighted by molar-refractivity contribution is -0.120. The second kappa shape index (κ2) is 8.93. The Balaban J connectivity index is 1.79. The number of hydrogen-bond acceptors (Lipinski definition) is 6. The van der Waals surface area contributed by atoms with E-state index in [1.807, 2.05) is 11.8 Å². The van der Waals surface area contributed by atoms with E-state index in [1.165, 1.54) is 0 Å². The number of carbonyl (C=O) groups is 2. The minimum atomic E-state index is -0.00662. The van der Waals surface area contributed by atoms with Crippen molar-refractivity contribution >= 4 is 17.8 Å². The number of nitrogens with zero attached hydrogens (tertiary/aromatic N) is 4. The molecule has 0 bridgehead atoms. The summed E-state index contributed by atoms with van der Waals surface area (Å²) in [6.07, 6.45) is 4.69. The molecule has 0 aromatic carbocycles. The Morgan fingerprint density at radius 1 is 1.19 bits per heavy atom. The van der Waals surface area contributed by atoms with Gasteiger partial charge >= 0.3 is 0 Å². The van der Waals surface area contributed by atoms with Crippen molar-refractivity contribution in [3.05, 3.63) is 17.5 Å². The maximum atomic E-state index is 12.8. The highest BCUT2D eigenvalue weighted by molar-refractivity contribution is 5.95. The third-order valence-electron chi connectivity index (χ3n) is 4.78. The summed E-state index contributed by atoms with van der Waals surface area (Å²) in [5, 5.41) is 2.86. The van der Waals surface area contributed by atoms with Gasteiger partial charge in [0.2, 0.25) is 11.9 Å². The van der Waals surface area contributed by atoms with Gasteiger partial charge < -0.3 is 19.9 Å². The van der Waals surface area contributed by atoms with E-state index in [0.29, 0.717) is 49.8 Å². The van der Waals surface area contributed by atoms with Gasteiger partial charge in [-0.3, -0.25) is 9.59 Å². The third kappa shape index (κ3) is 4.49. The molecule has 0 spiro atoms. The van der Waals surface area contributed by atoms with Crippen LogP contribution < -0.4 is 10.2 Å². The number of nitrogens with one attached hydrogen (secondary N) is 1. The fourth-order valence-corrected chi connectivity index (χ4v) is 3.23. The first-order chi connectivity index (χ1) is 12.7. The van der Waals surface area contributed by atoms with Gasteiger partial charge in [-0.1, -0.05) is 6.92 Å². The van der Waals surface area contributed by atoms with Gasteiger partial charge in [0.1, 0.15) is 0 Å². The topological polar surface area (TPSA) is 87.7 Å². The molecule has 0 atom stereocenters. The van der Waals surface area contributed by atoms with Crippen LogP contribution >= 0.6 is 0 Å². The van der Waals surface area contributed by atoms with E-state index in [1.54, 1.807) is 6.20 Å². The third-order valence-corrected chi connectivity index (χ3v) is 4.78. The van der Waals surface area contributed by atoms with Crippen molar-refractivity contribution in [3.8, 4) is 0 Å². The number of anilines is 1. The number of amides is 2. The monoisotopic (exact) mass is 361 g/mol. The maximum absolute atomic E-state index is 12.8. The van der Waals surface area contributed by atoms with Crippen LogP contribution in [0.2, 0.25) is 0 Å². The molecule has 1 aromatic heterocycles. The Kier molecular flexibility index (Phi) is 6.38. The number of ether oxygens (including phenoxy) is 1. The van der Waals surface area contributed by atoms with Gasteiger partial charge in [0.25, 0.3) is 5.91 Å². The molecule has 2 fully saturated rings.